The normalized spacial score (nSPS) is 11.4. The number of aromatic nitrogens is 3. The number of methoxy groups -OCH3 is 1. The Hall–Kier alpha value is -0.940. The summed E-state index contributed by atoms with van der Waals surface area (Å²) in [6.45, 7) is 6.01. The van der Waals surface area contributed by atoms with E-state index in [0.29, 0.717) is 5.92 Å². The third kappa shape index (κ3) is 4.74. The van der Waals surface area contributed by atoms with E-state index < -0.39 is 0 Å². The van der Waals surface area contributed by atoms with E-state index >= 15 is 0 Å². The van der Waals surface area contributed by atoms with Crippen LogP contribution in [0.15, 0.2) is 0 Å². The molecule has 0 aliphatic carbocycles. The number of aryl methyl sites for hydroxylation is 1. The van der Waals surface area contributed by atoms with Crippen molar-refractivity contribution in [3.05, 3.63) is 11.4 Å². The maximum atomic E-state index is 9.27. The van der Waals surface area contributed by atoms with Crippen LogP contribution in [0, 0.1) is 5.92 Å². The van der Waals surface area contributed by atoms with Gasteiger partial charge < -0.3 is 9.84 Å². The first-order valence-electron chi connectivity index (χ1n) is 6.70. The highest BCUT2D eigenvalue weighted by molar-refractivity contribution is 5.09. The molecule has 0 amide bonds. The molecule has 0 bridgehead atoms. The highest BCUT2D eigenvalue weighted by Crippen LogP contribution is 2.13. The Morgan fingerprint density at radius 1 is 1.33 bits per heavy atom. The Morgan fingerprint density at radius 2 is 2.11 bits per heavy atom. The van der Waals surface area contributed by atoms with Gasteiger partial charge in [0.25, 0.3) is 0 Å². The molecule has 1 aromatic heterocycles. The van der Waals surface area contributed by atoms with Crippen molar-refractivity contribution >= 4 is 0 Å². The van der Waals surface area contributed by atoms with Gasteiger partial charge in [-0.05, 0) is 31.6 Å². The lowest BCUT2D eigenvalue weighted by molar-refractivity contribution is 0.190. The fraction of sp³-hybridized carbons (Fsp3) is 0.846. The Balaban J connectivity index is 2.56. The number of hydrogen-bond donors (Lipinski definition) is 1. The highest BCUT2D eigenvalue weighted by atomic mass is 16.5. The number of rotatable bonds is 9. The molecule has 0 atom stereocenters. The minimum Gasteiger partial charge on any atom is -0.390 e. The average Bonchev–Trinajstić information content (AvgIpc) is 2.74. The Labute approximate surface area is 109 Å². The van der Waals surface area contributed by atoms with Gasteiger partial charge in [0.05, 0.1) is 12.3 Å². The van der Waals surface area contributed by atoms with Crippen LogP contribution < -0.4 is 0 Å². The van der Waals surface area contributed by atoms with Crippen molar-refractivity contribution in [2.24, 2.45) is 5.92 Å². The van der Waals surface area contributed by atoms with Crippen LogP contribution in [0.4, 0.5) is 0 Å². The molecule has 0 aliphatic rings. The number of aliphatic hydroxyl groups excluding tert-OH is 1. The summed E-state index contributed by atoms with van der Waals surface area (Å²) < 4.78 is 6.96. The third-order valence-electron chi connectivity index (χ3n) is 2.99. The highest BCUT2D eigenvalue weighted by Gasteiger charge is 2.12. The van der Waals surface area contributed by atoms with Gasteiger partial charge in [0.15, 0.2) is 0 Å². The van der Waals surface area contributed by atoms with E-state index in [9.17, 15) is 5.11 Å². The molecule has 104 valence electrons. The maximum Gasteiger partial charge on any atom is 0.111 e. The van der Waals surface area contributed by atoms with E-state index in [0.717, 1.165) is 50.2 Å². The second-order valence-corrected chi connectivity index (χ2v) is 5.00. The number of aliphatic hydroxyl groups is 1. The number of nitrogens with zero attached hydrogens (tertiary/aromatic N) is 3. The number of unbranched alkanes of at least 4 members (excludes halogenated alkanes) is 1. The van der Waals surface area contributed by atoms with E-state index in [4.69, 9.17) is 4.74 Å². The van der Waals surface area contributed by atoms with E-state index in [1.807, 2.05) is 4.68 Å². The smallest absolute Gasteiger partial charge is 0.111 e. The number of hydrogen-bond acceptors (Lipinski definition) is 4. The molecular formula is C13H25N3O2. The lowest BCUT2D eigenvalue weighted by Crippen LogP contribution is -2.08. The van der Waals surface area contributed by atoms with Gasteiger partial charge in [-0.3, -0.25) is 0 Å². The van der Waals surface area contributed by atoms with Crippen molar-refractivity contribution in [1.82, 2.24) is 15.0 Å². The first-order chi connectivity index (χ1) is 8.69. The van der Waals surface area contributed by atoms with E-state index in [-0.39, 0.29) is 6.61 Å². The topological polar surface area (TPSA) is 60.2 Å². The Morgan fingerprint density at radius 3 is 2.72 bits per heavy atom. The fourth-order valence-corrected chi connectivity index (χ4v) is 1.88. The molecule has 1 N–H and O–H groups in total. The van der Waals surface area contributed by atoms with Crippen LogP contribution in [0.2, 0.25) is 0 Å². The van der Waals surface area contributed by atoms with Crippen molar-refractivity contribution < 1.29 is 9.84 Å². The van der Waals surface area contributed by atoms with Crippen molar-refractivity contribution in [2.45, 2.75) is 52.7 Å². The minimum absolute atomic E-state index is 0.0223. The van der Waals surface area contributed by atoms with Crippen molar-refractivity contribution in [1.29, 1.82) is 0 Å². The van der Waals surface area contributed by atoms with E-state index in [1.165, 1.54) is 0 Å². The molecule has 1 heterocycles. The summed E-state index contributed by atoms with van der Waals surface area (Å²) in [4.78, 5) is 0. The summed E-state index contributed by atoms with van der Waals surface area (Å²) in [6.07, 6.45) is 4.08. The first-order valence-corrected chi connectivity index (χ1v) is 6.70. The quantitative estimate of drug-likeness (QED) is 0.683. The van der Waals surface area contributed by atoms with Gasteiger partial charge in [0.1, 0.15) is 5.69 Å². The van der Waals surface area contributed by atoms with Crippen LogP contribution in [-0.4, -0.2) is 33.8 Å². The predicted octanol–water partition coefficient (Wildman–Crippen LogP) is 1.79. The molecule has 0 aliphatic heterocycles. The lowest BCUT2D eigenvalue weighted by atomic mass is 10.1. The molecule has 5 nitrogen and oxygen atoms in total. The largest absolute Gasteiger partial charge is 0.390 e. The van der Waals surface area contributed by atoms with Crippen LogP contribution in [0.25, 0.3) is 0 Å². The van der Waals surface area contributed by atoms with E-state index in [2.05, 4.69) is 24.2 Å². The average molecular weight is 255 g/mol. The van der Waals surface area contributed by atoms with Crippen molar-refractivity contribution in [3.63, 3.8) is 0 Å². The molecular weight excluding hydrogens is 230 g/mol. The van der Waals surface area contributed by atoms with Gasteiger partial charge in [-0.25, -0.2) is 4.68 Å². The molecule has 18 heavy (non-hydrogen) atoms. The Bertz CT molecular complexity index is 337. The number of ether oxygens (including phenoxy) is 1. The Kier molecular flexibility index (Phi) is 6.90. The van der Waals surface area contributed by atoms with Gasteiger partial charge in [0.2, 0.25) is 0 Å². The zero-order chi connectivity index (χ0) is 13.4. The van der Waals surface area contributed by atoms with Crippen LogP contribution in [0.1, 0.15) is 44.5 Å². The van der Waals surface area contributed by atoms with Crippen LogP contribution >= 0.6 is 0 Å². The standard InChI is InChI=1S/C13H25N3O2/c1-11(2)6-7-13-12(10-17)14-15-16(13)8-4-5-9-18-3/h11,17H,4-10H2,1-3H3. The van der Waals surface area contributed by atoms with Crippen LogP contribution in [0.5, 0.6) is 0 Å². The molecule has 1 aromatic rings. The first kappa shape index (κ1) is 15.1. The molecule has 5 heteroatoms. The molecule has 0 unspecified atom stereocenters. The van der Waals surface area contributed by atoms with Crippen molar-refractivity contribution in [2.75, 3.05) is 13.7 Å². The summed E-state index contributed by atoms with van der Waals surface area (Å²) in [5.41, 5.74) is 1.81. The summed E-state index contributed by atoms with van der Waals surface area (Å²) in [6, 6.07) is 0. The molecule has 0 saturated carbocycles. The summed E-state index contributed by atoms with van der Waals surface area (Å²) >= 11 is 0. The monoisotopic (exact) mass is 255 g/mol. The molecule has 0 radical (unpaired) electrons. The van der Waals surface area contributed by atoms with Crippen LogP contribution in [0.3, 0.4) is 0 Å². The molecule has 1 rings (SSSR count). The molecule has 0 fully saturated rings. The van der Waals surface area contributed by atoms with Gasteiger partial charge >= 0.3 is 0 Å². The fourth-order valence-electron chi connectivity index (χ4n) is 1.88. The maximum absolute atomic E-state index is 9.27. The van der Waals surface area contributed by atoms with E-state index in [1.54, 1.807) is 7.11 Å². The summed E-state index contributed by atoms with van der Waals surface area (Å²) in [7, 11) is 1.72. The summed E-state index contributed by atoms with van der Waals surface area (Å²) in [5, 5.41) is 17.4. The summed E-state index contributed by atoms with van der Waals surface area (Å²) in [5.74, 6) is 0.647. The van der Waals surface area contributed by atoms with Crippen molar-refractivity contribution in [3.8, 4) is 0 Å². The van der Waals surface area contributed by atoms with Gasteiger partial charge in [-0.1, -0.05) is 19.1 Å². The van der Waals surface area contributed by atoms with Gasteiger partial charge in [-0.15, -0.1) is 5.10 Å². The van der Waals surface area contributed by atoms with Crippen LogP contribution in [-0.2, 0) is 24.3 Å². The van der Waals surface area contributed by atoms with Gasteiger partial charge in [-0.2, -0.15) is 0 Å². The zero-order valence-electron chi connectivity index (χ0n) is 11.7. The molecule has 0 saturated heterocycles. The molecule has 0 aromatic carbocycles. The second-order valence-electron chi connectivity index (χ2n) is 5.00. The predicted molar refractivity (Wildman–Crippen MR) is 70.2 cm³/mol. The van der Waals surface area contributed by atoms with Gasteiger partial charge in [0, 0.05) is 20.3 Å². The molecule has 0 spiro atoms. The lowest BCUT2D eigenvalue weighted by Gasteiger charge is -2.09. The zero-order valence-corrected chi connectivity index (χ0v) is 11.7. The second kappa shape index (κ2) is 8.21. The SMILES string of the molecule is COCCCCn1nnc(CO)c1CCC(C)C. The minimum atomic E-state index is -0.0223. The third-order valence-corrected chi connectivity index (χ3v) is 2.99.